The van der Waals surface area contributed by atoms with Crippen LogP contribution in [-0.2, 0) is 5.41 Å². The van der Waals surface area contributed by atoms with Crippen molar-refractivity contribution in [2.45, 2.75) is 40.0 Å². The van der Waals surface area contributed by atoms with Gasteiger partial charge in [-0.05, 0) is 73.4 Å². The average Bonchev–Trinajstić information content (AvgIpc) is 3.79. The van der Waals surface area contributed by atoms with E-state index in [1.54, 1.807) is 11.3 Å². The van der Waals surface area contributed by atoms with E-state index in [2.05, 4.69) is 99.3 Å². The van der Waals surface area contributed by atoms with Crippen molar-refractivity contribution in [2.24, 2.45) is 0 Å². The van der Waals surface area contributed by atoms with Crippen molar-refractivity contribution in [3.8, 4) is 39.6 Å². The Kier molecular flexibility index (Phi) is 7.77. The molecular weight excluding hydrogens is 631 g/mol. The number of allylic oxidation sites excluding steroid dienone is 2. The number of fused-ring (bicyclic) bond motifs is 5. The summed E-state index contributed by atoms with van der Waals surface area (Å²) in [4.78, 5) is 19.5. The van der Waals surface area contributed by atoms with Gasteiger partial charge in [-0.25, -0.2) is 19.9 Å². The number of hydrogen-bond donors (Lipinski definition) is 0. The Morgan fingerprint density at radius 2 is 1.50 bits per heavy atom. The molecule has 0 atom stereocenters. The van der Waals surface area contributed by atoms with E-state index in [0.29, 0.717) is 17.5 Å². The number of thiazole rings is 1. The van der Waals surface area contributed by atoms with Crippen LogP contribution in [-0.4, -0.2) is 24.5 Å². The lowest BCUT2D eigenvalue weighted by Crippen LogP contribution is -2.15. The Hall–Kier alpha value is -5.72. The smallest absolute Gasteiger partial charge is 0.164 e. The van der Waals surface area contributed by atoms with Gasteiger partial charge in [-0.1, -0.05) is 105 Å². The van der Waals surface area contributed by atoms with E-state index in [9.17, 15) is 0 Å². The lowest BCUT2D eigenvalue weighted by atomic mass is 9.82. The molecule has 0 radical (unpaired) electrons. The van der Waals surface area contributed by atoms with Crippen LogP contribution in [0.2, 0.25) is 0 Å². The summed E-state index contributed by atoms with van der Waals surface area (Å²) in [5, 5.41) is 0. The highest BCUT2D eigenvalue weighted by Crippen LogP contribution is 2.52. The molecule has 4 aromatic carbocycles. The van der Waals surface area contributed by atoms with E-state index >= 15 is 0 Å². The van der Waals surface area contributed by atoms with Gasteiger partial charge in [0, 0.05) is 44.6 Å². The second kappa shape index (κ2) is 12.3. The van der Waals surface area contributed by atoms with Gasteiger partial charge in [-0.2, -0.15) is 0 Å². The summed E-state index contributed by atoms with van der Waals surface area (Å²) in [6.07, 6.45) is 8.43. The maximum atomic E-state index is 4.99. The van der Waals surface area contributed by atoms with Gasteiger partial charge in [0.2, 0.25) is 0 Å². The molecule has 7 aromatic rings. The summed E-state index contributed by atoms with van der Waals surface area (Å²) in [5.74, 6) is 1.93. The van der Waals surface area contributed by atoms with Crippen LogP contribution in [0.3, 0.4) is 0 Å². The zero-order valence-electron chi connectivity index (χ0n) is 28.9. The maximum absolute atomic E-state index is 4.99. The third-order valence-electron chi connectivity index (χ3n) is 9.85. The average molecular weight is 668 g/mol. The molecule has 0 amide bonds. The Morgan fingerprint density at radius 3 is 2.14 bits per heavy atom. The lowest BCUT2D eigenvalue weighted by Gasteiger charge is -2.22. The van der Waals surface area contributed by atoms with Crippen LogP contribution in [0, 0.1) is 6.92 Å². The normalized spacial score (nSPS) is 13.6. The van der Waals surface area contributed by atoms with Gasteiger partial charge < -0.3 is 4.57 Å². The summed E-state index contributed by atoms with van der Waals surface area (Å²) in [7, 11) is 0. The molecule has 8 rings (SSSR count). The Bertz CT molecular complexity index is 2440. The molecule has 0 aliphatic heterocycles. The first-order valence-corrected chi connectivity index (χ1v) is 17.8. The number of rotatable bonds is 7. The van der Waals surface area contributed by atoms with Crippen molar-refractivity contribution in [1.29, 1.82) is 0 Å². The molecule has 244 valence electrons. The van der Waals surface area contributed by atoms with Crippen LogP contribution >= 0.6 is 11.3 Å². The molecule has 0 saturated heterocycles. The van der Waals surface area contributed by atoms with Crippen molar-refractivity contribution in [3.63, 3.8) is 0 Å². The number of nitrogens with zero attached hydrogens (tertiary/aromatic N) is 5. The fraction of sp³-hybridized carbons (Fsp3) is 0.136. The molecule has 0 spiro atoms. The number of benzene rings is 4. The van der Waals surface area contributed by atoms with Gasteiger partial charge in [0.1, 0.15) is 0 Å². The molecule has 0 saturated carbocycles. The zero-order valence-corrected chi connectivity index (χ0v) is 29.7. The maximum Gasteiger partial charge on any atom is 0.164 e. The Morgan fingerprint density at radius 1 is 0.820 bits per heavy atom. The number of aromatic nitrogens is 5. The second-order valence-corrected chi connectivity index (χ2v) is 14.1. The van der Waals surface area contributed by atoms with Crippen molar-refractivity contribution >= 4 is 45.4 Å². The van der Waals surface area contributed by atoms with Gasteiger partial charge >= 0.3 is 0 Å². The summed E-state index contributed by atoms with van der Waals surface area (Å²) in [5.41, 5.74) is 16.5. The van der Waals surface area contributed by atoms with Crippen molar-refractivity contribution in [1.82, 2.24) is 24.5 Å². The van der Waals surface area contributed by atoms with E-state index in [1.165, 1.54) is 27.0 Å². The van der Waals surface area contributed by atoms with Crippen LogP contribution in [0.25, 0.3) is 73.6 Å². The minimum absolute atomic E-state index is 0.146. The topological polar surface area (TPSA) is 56.5 Å². The molecule has 0 fully saturated rings. The molecule has 6 heteroatoms. The van der Waals surface area contributed by atoms with Crippen LogP contribution in [0.5, 0.6) is 0 Å². The molecule has 1 aliphatic carbocycles. The summed E-state index contributed by atoms with van der Waals surface area (Å²) in [6.45, 7) is 15.3. The SMILES string of the molecule is C=Cc1c(/C=C(\C)c2nc(-c3ccccc3)nc(-c3ccccc3)n2)c(C)n(-c2ccc3c(c2)C(C)(C)c2ccc4ncsc4c2-3)c1/C=C\C. The van der Waals surface area contributed by atoms with E-state index in [4.69, 9.17) is 15.0 Å². The summed E-state index contributed by atoms with van der Waals surface area (Å²) >= 11 is 1.72. The minimum Gasteiger partial charge on any atom is -0.313 e. The van der Waals surface area contributed by atoms with E-state index in [1.807, 2.05) is 72.3 Å². The van der Waals surface area contributed by atoms with Gasteiger partial charge in [0.05, 0.1) is 21.4 Å². The van der Waals surface area contributed by atoms with Crippen LogP contribution < -0.4 is 0 Å². The molecule has 3 heterocycles. The van der Waals surface area contributed by atoms with E-state index in [0.717, 1.165) is 50.4 Å². The monoisotopic (exact) mass is 667 g/mol. The highest BCUT2D eigenvalue weighted by atomic mass is 32.1. The van der Waals surface area contributed by atoms with Gasteiger partial charge in [0.25, 0.3) is 0 Å². The van der Waals surface area contributed by atoms with Gasteiger partial charge in [-0.15, -0.1) is 11.3 Å². The summed E-state index contributed by atoms with van der Waals surface area (Å²) < 4.78 is 3.62. The first-order chi connectivity index (χ1) is 24.3. The Labute approximate surface area is 297 Å². The van der Waals surface area contributed by atoms with Crippen molar-refractivity contribution in [3.05, 3.63) is 149 Å². The quantitative estimate of drug-likeness (QED) is 0.170. The molecule has 5 nitrogen and oxygen atoms in total. The highest BCUT2D eigenvalue weighted by molar-refractivity contribution is 7.17. The summed E-state index contributed by atoms with van der Waals surface area (Å²) in [6, 6.07) is 31.5. The Balaban J connectivity index is 1.28. The second-order valence-electron chi connectivity index (χ2n) is 13.2. The van der Waals surface area contributed by atoms with E-state index in [-0.39, 0.29) is 5.41 Å². The predicted molar refractivity (Wildman–Crippen MR) is 210 cm³/mol. The predicted octanol–water partition coefficient (Wildman–Crippen LogP) is 11.5. The van der Waals surface area contributed by atoms with Gasteiger partial charge in [0.15, 0.2) is 17.5 Å². The van der Waals surface area contributed by atoms with Crippen LogP contribution in [0.4, 0.5) is 0 Å². The fourth-order valence-electron chi connectivity index (χ4n) is 7.34. The molecule has 50 heavy (non-hydrogen) atoms. The first kappa shape index (κ1) is 31.5. The van der Waals surface area contributed by atoms with Crippen molar-refractivity contribution in [2.75, 3.05) is 0 Å². The van der Waals surface area contributed by atoms with Crippen LogP contribution in [0.15, 0.2) is 109 Å². The third-order valence-corrected chi connectivity index (χ3v) is 10.7. The van der Waals surface area contributed by atoms with Crippen molar-refractivity contribution < 1.29 is 0 Å². The minimum atomic E-state index is -0.146. The fourth-order valence-corrected chi connectivity index (χ4v) is 8.19. The first-order valence-electron chi connectivity index (χ1n) is 16.9. The molecule has 1 aliphatic rings. The highest BCUT2D eigenvalue weighted by Gasteiger charge is 2.37. The standard InChI is InChI=1S/C44H37N5S/c1-7-15-38-32(8-2)34(24-27(3)41-46-42(29-16-11-9-12-17-29)48-43(47-41)30-18-13-10-14-19-30)28(4)49(38)31-20-21-33-36(25-31)44(5,6)35-22-23-37-40(39(33)35)50-26-45-37/h7-26H,2H2,1,3-6H3/b15-7-,27-24+. The van der Waals surface area contributed by atoms with E-state index < -0.39 is 0 Å². The number of hydrogen-bond acceptors (Lipinski definition) is 5. The lowest BCUT2D eigenvalue weighted by molar-refractivity contribution is 0.660. The molecule has 0 bridgehead atoms. The largest absolute Gasteiger partial charge is 0.313 e. The molecule has 0 unspecified atom stereocenters. The van der Waals surface area contributed by atoms with Gasteiger partial charge in [-0.3, -0.25) is 0 Å². The third kappa shape index (κ3) is 5.06. The molecule has 0 N–H and O–H groups in total. The molecular formula is C44H37N5S. The molecule has 3 aromatic heterocycles. The van der Waals surface area contributed by atoms with Crippen LogP contribution in [0.1, 0.15) is 67.2 Å². The zero-order chi connectivity index (χ0) is 34.6.